The number of hydrogen-bond donors (Lipinski definition) is 0. The fraction of sp³-hybridized carbons (Fsp3) is 0.562. The van der Waals surface area contributed by atoms with Crippen molar-refractivity contribution in [3.63, 3.8) is 0 Å². The second-order valence-corrected chi connectivity index (χ2v) is 5.45. The average molecular weight is 258 g/mol. The van der Waals surface area contributed by atoms with Gasteiger partial charge in [-0.15, -0.1) is 0 Å². The Bertz CT molecular complexity index is 468. The van der Waals surface area contributed by atoms with Crippen molar-refractivity contribution in [1.29, 1.82) is 5.26 Å². The quantitative estimate of drug-likeness (QED) is 0.834. The summed E-state index contributed by atoms with van der Waals surface area (Å²) in [6.07, 6.45) is 3.88. The Balaban J connectivity index is 2.16. The minimum Gasteiger partial charge on any atom is -0.495 e. The smallest absolute Gasteiger partial charge is 0.136 e. The Labute approximate surface area is 115 Å². The highest BCUT2D eigenvalue weighted by atomic mass is 16.5. The van der Waals surface area contributed by atoms with Crippen LogP contribution in [0.1, 0.15) is 44.2 Å². The molecular weight excluding hydrogens is 236 g/mol. The first-order valence-electron chi connectivity index (χ1n) is 6.98. The molecule has 1 saturated heterocycles. The molecule has 102 valence electrons. The minimum absolute atomic E-state index is 0.603. The van der Waals surface area contributed by atoms with Crippen molar-refractivity contribution in [2.75, 3.05) is 7.11 Å². The van der Waals surface area contributed by atoms with Crippen molar-refractivity contribution in [3.05, 3.63) is 29.3 Å². The summed E-state index contributed by atoms with van der Waals surface area (Å²) in [6, 6.07) is 9.30. The van der Waals surface area contributed by atoms with E-state index in [0.29, 0.717) is 23.4 Å². The molecule has 0 aromatic heterocycles. The van der Waals surface area contributed by atoms with Crippen LogP contribution >= 0.6 is 0 Å². The Hall–Kier alpha value is -1.53. The number of likely N-dealkylation sites (tertiary alicyclic amines) is 1. The normalized spacial score (nSPS) is 23.9. The maximum atomic E-state index is 9.01. The van der Waals surface area contributed by atoms with Crippen LogP contribution in [0.3, 0.4) is 0 Å². The molecule has 1 aliphatic rings. The van der Waals surface area contributed by atoms with Gasteiger partial charge < -0.3 is 4.74 Å². The van der Waals surface area contributed by atoms with Crippen LogP contribution in [0.2, 0.25) is 0 Å². The number of hydrogen-bond acceptors (Lipinski definition) is 3. The van der Waals surface area contributed by atoms with Gasteiger partial charge in [0.05, 0.1) is 12.7 Å². The molecule has 1 aromatic carbocycles. The standard InChI is InChI=1S/C16H22N2O/c1-12-5-4-6-13(2)18(12)11-14-7-8-15(10-17)16(9-14)19-3/h7-9,12-13H,4-6,11H2,1-3H3/t12-,13+. The predicted octanol–water partition coefficient (Wildman–Crippen LogP) is 3.33. The van der Waals surface area contributed by atoms with Gasteiger partial charge in [0.25, 0.3) is 0 Å². The fourth-order valence-electron chi connectivity index (χ4n) is 2.92. The lowest BCUT2D eigenvalue weighted by atomic mass is 9.96. The third-order valence-electron chi connectivity index (χ3n) is 4.13. The number of rotatable bonds is 3. The van der Waals surface area contributed by atoms with E-state index in [2.05, 4.69) is 24.8 Å². The first kappa shape index (κ1) is 13.9. The first-order chi connectivity index (χ1) is 9.15. The van der Waals surface area contributed by atoms with Crippen LogP contribution in [-0.2, 0) is 6.54 Å². The molecule has 1 aromatic rings. The molecule has 0 unspecified atom stereocenters. The number of nitriles is 1. The highest BCUT2D eigenvalue weighted by Gasteiger charge is 2.24. The van der Waals surface area contributed by atoms with Gasteiger partial charge in [-0.25, -0.2) is 0 Å². The lowest BCUT2D eigenvalue weighted by molar-refractivity contribution is 0.0952. The first-order valence-corrected chi connectivity index (χ1v) is 6.98. The van der Waals surface area contributed by atoms with E-state index in [0.717, 1.165) is 6.54 Å². The van der Waals surface area contributed by atoms with Crippen molar-refractivity contribution in [1.82, 2.24) is 4.90 Å². The fourth-order valence-corrected chi connectivity index (χ4v) is 2.92. The molecule has 0 spiro atoms. The average Bonchev–Trinajstić information content (AvgIpc) is 2.42. The topological polar surface area (TPSA) is 36.3 Å². The van der Waals surface area contributed by atoms with E-state index in [4.69, 9.17) is 10.00 Å². The second kappa shape index (κ2) is 6.08. The summed E-state index contributed by atoms with van der Waals surface area (Å²) < 4.78 is 5.28. The zero-order valence-electron chi connectivity index (χ0n) is 12.0. The van der Waals surface area contributed by atoms with Crippen LogP contribution in [0.15, 0.2) is 18.2 Å². The Morgan fingerprint density at radius 3 is 2.58 bits per heavy atom. The Morgan fingerprint density at radius 1 is 1.32 bits per heavy atom. The summed E-state index contributed by atoms with van der Waals surface area (Å²) in [7, 11) is 1.62. The summed E-state index contributed by atoms with van der Waals surface area (Å²) in [5.41, 5.74) is 1.82. The number of piperidine rings is 1. The molecule has 3 nitrogen and oxygen atoms in total. The molecule has 19 heavy (non-hydrogen) atoms. The molecule has 1 heterocycles. The molecular formula is C16H22N2O. The number of nitrogens with zero attached hydrogens (tertiary/aromatic N) is 2. The molecule has 0 saturated carbocycles. The van der Waals surface area contributed by atoms with Crippen LogP contribution in [0, 0.1) is 11.3 Å². The van der Waals surface area contributed by atoms with Gasteiger partial charge in [0.2, 0.25) is 0 Å². The van der Waals surface area contributed by atoms with Gasteiger partial charge in [0.15, 0.2) is 0 Å². The molecule has 0 radical (unpaired) electrons. The molecule has 1 fully saturated rings. The second-order valence-electron chi connectivity index (χ2n) is 5.45. The third-order valence-corrected chi connectivity index (χ3v) is 4.13. The summed E-state index contributed by atoms with van der Waals surface area (Å²) in [4.78, 5) is 2.55. The van der Waals surface area contributed by atoms with E-state index in [9.17, 15) is 0 Å². The van der Waals surface area contributed by atoms with Crippen LogP contribution in [0.4, 0.5) is 0 Å². The monoisotopic (exact) mass is 258 g/mol. The van der Waals surface area contributed by atoms with Gasteiger partial charge >= 0.3 is 0 Å². The lowest BCUT2D eigenvalue weighted by Gasteiger charge is -2.39. The van der Waals surface area contributed by atoms with Crippen molar-refractivity contribution in [3.8, 4) is 11.8 Å². The highest BCUT2D eigenvalue weighted by Crippen LogP contribution is 2.26. The lowest BCUT2D eigenvalue weighted by Crippen LogP contribution is -2.42. The van der Waals surface area contributed by atoms with E-state index in [-0.39, 0.29) is 0 Å². The van der Waals surface area contributed by atoms with Gasteiger partial charge in [-0.05, 0) is 44.4 Å². The molecule has 0 aliphatic carbocycles. The molecule has 0 amide bonds. The zero-order chi connectivity index (χ0) is 13.8. The van der Waals surface area contributed by atoms with Gasteiger partial charge in [-0.3, -0.25) is 4.90 Å². The van der Waals surface area contributed by atoms with Crippen LogP contribution in [0.25, 0.3) is 0 Å². The van der Waals surface area contributed by atoms with Gasteiger partial charge in [0, 0.05) is 18.6 Å². The van der Waals surface area contributed by atoms with Gasteiger partial charge in [-0.2, -0.15) is 5.26 Å². The molecule has 0 bridgehead atoms. The van der Waals surface area contributed by atoms with Crippen molar-refractivity contribution in [2.45, 2.75) is 51.7 Å². The van der Waals surface area contributed by atoms with E-state index >= 15 is 0 Å². The maximum absolute atomic E-state index is 9.01. The van der Waals surface area contributed by atoms with Crippen molar-refractivity contribution in [2.24, 2.45) is 0 Å². The number of ether oxygens (including phenoxy) is 1. The number of methoxy groups -OCH3 is 1. The van der Waals surface area contributed by atoms with Crippen molar-refractivity contribution >= 4 is 0 Å². The van der Waals surface area contributed by atoms with E-state index in [1.54, 1.807) is 7.11 Å². The van der Waals surface area contributed by atoms with Crippen LogP contribution < -0.4 is 4.74 Å². The summed E-state index contributed by atoms with van der Waals surface area (Å²) in [5.74, 6) is 0.678. The van der Waals surface area contributed by atoms with Gasteiger partial charge in [0.1, 0.15) is 11.8 Å². The van der Waals surface area contributed by atoms with Gasteiger partial charge in [-0.1, -0.05) is 12.5 Å². The van der Waals surface area contributed by atoms with E-state index in [1.807, 2.05) is 18.2 Å². The largest absolute Gasteiger partial charge is 0.495 e. The Kier molecular flexibility index (Phi) is 4.44. The maximum Gasteiger partial charge on any atom is 0.136 e. The van der Waals surface area contributed by atoms with Crippen LogP contribution in [0.5, 0.6) is 5.75 Å². The van der Waals surface area contributed by atoms with Crippen LogP contribution in [-0.4, -0.2) is 24.1 Å². The van der Waals surface area contributed by atoms with E-state index in [1.165, 1.54) is 24.8 Å². The minimum atomic E-state index is 0.603. The van der Waals surface area contributed by atoms with Crippen molar-refractivity contribution < 1.29 is 4.74 Å². The molecule has 3 heteroatoms. The predicted molar refractivity (Wildman–Crippen MR) is 76.0 cm³/mol. The molecule has 0 N–H and O–H groups in total. The SMILES string of the molecule is COc1cc(CN2[C@H](C)CCC[C@@H]2C)ccc1C#N. The highest BCUT2D eigenvalue weighted by molar-refractivity contribution is 5.45. The summed E-state index contributed by atoms with van der Waals surface area (Å²) >= 11 is 0. The van der Waals surface area contributed by atoms with E-state index < -0.39 is 0 Å². The number of benzene rings is 1. The molecule has 2 atom stereocenters. The molecule has 2 rings (SSSR count). The molecule has 1 aliphatic heterocycles. The Morgan fingerprint density at radius 2 is 2.00 bits per heavy atom. The third kappa shape index (κ3) is 3.08. The summed E-state index contributed by atoms with van der Waals surface area (Å²) in [5, 5.41) is 9.01. The zero-order valence-corrected chi connectivity index (χ0v) is 12.0. The summed E-state index contributed by atoms with van der Waals surface area (Å²) in [6.45, 7) is 5.54.